The molecule has 0 saturated carbocycles. The standard InChI is InChI=1S/C19H26N6O3S/c1-4-25-18-6-5-16(29(26,27)24-7-9-28-10-8-24)11-17(18)21-19(25)14-22(2)15-12-20-23(3)13-15/h5-6,11-13H,4,7-10,14H2,1-3H3. The van der Waals surface area contributed by atoms with E-state index in [1.165, 1.54) is 4.31 Å². The van der Waals surface area contributed by atoms with E-state index in [4.69, 9.17) is 9.72 Å². The Morgan fingerprint density at radius 1 is 1.24 bits per heavy atom. The number of hydrogen-bond acceptors (Lipinski definition) is 6. The summed E-state index contributed by atoms with van der Waals surface area (Å²) in [5.41, 5.74) is 2.62. The van der Waals surface area contributed by atoms with Gasteiger partial charge in [0.1, 0.15) is 5.82 Å². The van der Waals surface area contributed by atoms with Crippen LogP contribution in [0.1, 0.15) is 12.7 Å². The van der Waals surface area contributed by atoms with Crippen molar-refractivity contribution in [2.75, 3.05) is 38.3 Å². The Morgan fingerprint density at radius 3 is 2.66 bits per heavy atom. The Labute approximate surface area is 170 Å². The van der Waals surface area contributed by atoms with Gasteiger partial charge in [0.25, 0.3) is 0 Å². The van der Waals surface area contributed by atoms with Crippen LogP contribution in [0, 0.1) is 0 Å². The molecule has 1 aromatic carbocycles. The largest absolute Gasteiger partial charge is 0.379 e. The van der Waals surface area contributed by atoms with Crippen molar-refractivity contribution in [3.8, 4) is 0 Å². The van der Waals surface area contributed by atoms with Crippen molar-refractivity contribution in [3.63, 3.8) is 0 Å². The van der Waals surface area contributed by atoms with E-state index in [-0.39, 0.29) is 4.90 Å². The molecule has 4 rings (SSSR count). The zero-order valence-corrected chi connectivity index (χ0v) is 17.8. The van der Waals surface area contributed by atoms with Gasteiger partial charge in [0.2, 0.25) is 10.0 Å². The van der Waals surface area contributed by atoms with E-state index >= 15 is 0 Å². The second-order valence-electron chi connectivity index (χ2n) is 7.17. The molecule has 0 spiro atoms. The van der Waals surface area contributed by atoms with Gasteiger partial charge in [-0.1, -0.05) is 0 Å². The summed E-state index contributed by atoms with van der Waals surface area (Å²) in [6.45, 7) is 5.03. The molecule has 0 aliphatic carbocycles. The molecule has 3 aromatic rings. The van der Waals surface area contributed by atoms with Gasteiger partial charge in [0.05, 0.1) is 47.6 Å². The maximum absolute atomic E-state index is 13.0. The third kappa shape index (κ3) is 3.75. The van der Waals surface area contributed by atoms with Crippen molar-refractivity contribution >= 4 is 26.7 Å². The van der Waals surface area contributed by atoms with Crippen molar-refractivity contribution in [3.05, 3.63) is 36.4 Å². The Kier molecular flexibility index (Phi) is 5.32. The zero-order chi connectivity index (χ0) is 20.6. The molecular weight excluding hydrogens is 392 g/mol. The highest BCUT2D eigenvalue weighted by atomic mass is 32.2. The molecule has 1 saturated heterocycles. The molecular formula is C19H26N6O3S. The third-order valence-corrected chi connectivity index (χ3v) is 7.13. The van der Waals surface area contributed by atoms with Crippen LogP contribution in [0.15, 0.2) is 35.5 Å². The third-order valence-electron chi connectivity index (χ3n) is 5.23. The highest BCUT2D eigenvalue weighted by Gasteiger charge is 2.27. The number of fused-ring (bicyclic) bond motifs is 1. The number of nitrogens with zero attached hydrogens (tertiary/aromatic N) is 6. The van der Waals surface area contributed by atoms with Crippen LogP contribution in [0.3, 0.4) is 0 Å². The first-order chi connectivity index (χ1) is 13.9. The molecule has 0 amide bonds. The smallest absolute Gasteiger partial charge is 0.243 e. The SMILES string of the molecule is CCn1c(CN(C)c2cnn(C)c2)nc2cc(S(=O)(=O)N3CCOCC3)ccc21. The number of anilines is 1. The van der Waals surface area contributed by atoms with Crippen molar-refractivity contribution in [2.24, 2.45) is 7.05 Å². The molecule has 1 fully saturated rings. The maximum atomic E-state index is 13.0. The summed E-state index contributed by atoms with van der Waals surface area (Å²) >= 11 is 0. The highest BCUT2D eigenvalue weighted by molar-refractivity contribution is 7.89. The predicted molar refractivity (Wildman–Crippen MR) is 110 cm³/mol. The van der Waals surface area contributed by atoms with Crippen LogP contribution in [-0.4, -0.2) is 65.4 Å². The van der Waals surface area contributed by atoms with Crippen LogP contribution in [0.4, 0.5) is 5.69 Å². The first kappa shape index (κ1) is 19.9. The second kappa shape index (κ2) is 7.77. The fourth-order valence-electron chi connectivity index (χ4n) is 3.64. The monoisotopic (exact) mass is 418 g/mol. The number of rotatable bonds is 6. The lowest BCUT2D eigenvalue weighted by molar-refractivity contribution is 0.0730. The summed E-state index contributed by atoms with van der Waals surface area (Å²) in [4.78, 5) is 7.11. The number of ether oxygens (including phenoxy) is 1. The molecule has 9 nitrogen and oxygen atoms in total. The normalized spacial score (nSPS) is 15.8. The average Bonchev–Trinajstić information content (AvgIpc) is 3.30. The summed E-state index contributed by atoms with van der Waals surface area (Å²) in [5.74, 6) is 0.884. The molecule has 1 aliphatic heterocycles. The van der Waals surface area contributed by atoms with E-state index in [2.05, 4.69) is 21.5 Å². The first-order valence-corrected chi connectivity index (χ1v) is 11.1. The van der Waals surface area contributed by atoms with E-state index in [0.717, 1.165) is 23.6 Å². The molecule has 0 radical (unpaired) electrons. The summed E-state index contributed by atoms with van der Waals surface area (Å²) in [7, 11) is 0.330. The number of aryl methyl sites for hydroxylation is 2. The van der Waals surface area contributed by atoms with E-state index in [0.29, 0.717) is 38.4 Å². The topological polar surface area (TPSA) is 85.5 Å². The first-order valence-electron chi connectivity index (χ1n) is 9.67. The number of benzene rings is 1. The fourth-order valence-corrected chi connectivity index (χ4v) is 5.07. The molecule has 29 heavy (non-hydrogen) atoms. The lowest BCUT2D eigenvalue weighted by Gasteiger charge is -2.26. The number of morpholine rings is 1. The molecule has 0 N–H and O–H groups in total. The molecule has 10 heteroatoms. The van der Waals surface area contributed by atoms with Crippen molar-refractivity contribution in [1.82, 2.24) is 23.6 Å². The summed E-state index contributed by atoms with van der Waals surface area (Å²) in [6.07, 6.45) is 3.76. The van der Waals surface area contributed by atoms with E-state index in [1.807, 2.05) is 32.6 Å². The van der Waals surface area contributed by atoms with Crippen molar-refractivity contribution < 1.29 is 13.2 Å². The van der Waals surface area contributed by atoms with Crippen LogP contribution in [0.5, 0.6) is 0 Å². The predicted octanol–water partition coefficient (Wildman–Crippen LogP) is 1.45. The van der Waals surface area contributed by atoms with Gasteiger partial charge in [-0.15, -0.1) is 0 Å². The Balaban J connectivity index is 1.67. The van der Waals surface area contributed by atoms with Gasteiger partial charge < -0.3 is 14.2 Å². The highest BCUT2D eigenvalue weighted by Crippen LogP contribution is 2.24. The second-order valence-corrected chi connectivity index (χ2v) is 9.11. The number of aromatic nitrogens is 4. The zero-order valence-electron chi connectivity index (χ0n) is 16.9. The van der Waals surface area contributed by atoms with Crippen LogP contribution in [0.25, 0.3) is 11.0 Å². The van der Waals surface area contributed by atoms with E-state index in [1.54, 1.807) is 16.8 Å². The average molecular weight is 419 g/mol. The van der Waals surface area contributed by atoms with Gasteiger partial charge in [-0.3, -0.25) is 4.68 Å². The molecule has 1 aliphatic rings. The lowest BCUT2D eigenvalue weighted by atomic mass is 10.3. The maximum Gasteiger partial charge on any atom is 0.243 e. The quantitative estimate of drug-likeness (QED) is 0.602. The fraction of sp³-hybridized carbons (Fsp3) is 0.474. The Bertz CT molecular complexity index is 1110. The van der Waals surface area contributed by atoms with Gasteiger partial charge >= 0.3 is 0 Å². The van der Waals surface area contributed by atoms with Gasteiger partial charge in [-0.05, 0) is 25.1 Å². The van der Waals surface area contributed by atoms with Crippen LogP contribution in [-0.2, 0) is 34.9 Å². The van der Waals surface area contributed by atoms with E-state index in [9.17, 15) is 8.42 Å². The Morgan fingerprint density at radius 2 is 2.00 bits per heavy atom. The number of sulfonamides is 1. The minimum absolute atomic E-state index is 0.278. The number of hydrogen-bond donors (Lipinski definition) is 0. The lowest BCUT2D eigenvalue weighted by Crippen LogP contribution is -2.40. The van der Waals surface area contributed by atoms with Crippen molar-refractivity contribution in [1.29, 1.82) is 0 Å². The van der Waals surface area contributed by atoms with Crippen LogP contribution >= 0.6 is 0 Å². The minimum Gasteiger partial charge on any atom is -0.379 e. The molecule has 2 aromatic heterocycles. The molecule has 3 heterocycles. The van der Waals surface area contributed by atoms with Crippen molar-refractivity contribution in [2.45, 2.75) is 24.9 Å². The summed E-state index contributed by atoms with van der Waals surface area (Å²) in [6, 6.07) is 5.21. The van der Waals surface area contributed by atoms with E-state index < -0.39 is 10.0 Å². The molecule has 156 valence electrons. The van der Waals surface area contributed by atoms with Gasteiger partial charge in [-0.25, -0.2) is 13.4 Å². The molecule has 0 unspecified atom stereocenters. The van der Waals surface area contributed by atoms with Gasteiger partial charge in [0, 0.05) is 39.9 Å². The van der Waals surface area contributed by atoms with Crippen LogP contribution in [0.2, 0.25) is 0 Å². The summed E-state index contributed by atoms with van der Waals surface area (Å²) in [5, 5.41) is 4.22. The minimum atomic E-state index is -3.54. The van der Waals surface area contributed by atoms with Gasteiger partial charge in [-0.2, -0.15) is 9.40 Å². The van der Waals surface area contributed by atoms with Crippen LogP contribution < -0.4 is 4.90 Å². The molecule has 0 bridgehead atoms. The van der Waals surface area contributed by atoms with Gasteiger partial charge in [0.15, 0.2) is 0 Å². The number of imidazole rings is 1. The summed E-state index contributed by atoms with van der Waals surface area (Å²) < 4.78 is 36.6. The molecule has 0 atom stereocenters. The Hall–Kier alpha value is -2.43.